The van der Waals surface area contributed by atoms with Crippen molar-refractivity contribution < 1.29 is 8.42 Å². The highest BCUT2D eigenvalue weighted by Gasteiger charge is 2.17. The second-order valence-electron chi connectivity index (χ2n) is 5.68. The number of rotatable bonds is 4. The molecule has 0 fully saturated rings. The van der Waals surface area contributed by atoms with Crippen LogP contribution in [0.25, 0.3) is 11.3 Å². The van der Waals surface area contributed by atoms with Gasteiger partial charge in [0.25, 0.3) is 10.0 Å². The van der Waals surface area contributed by atoms with Gasteiger partial charge in [0.05, 0.1) is 5.69 Å². The predicted octanol–water partition coefficient (Wildman–Crippen LogP) is 3.14. The Labute approximate surface area is 146 Å². The number of pyridine rings is 2. The van der Waals surface area contributed by atoms with Gasteiger partial charge in [0.15, 0.2) is 5.03 Å². The molecule has 3 N–H and O–H groups in total. The lowest BCUT2D eigenvalue weighted by atomic mass is 10.00. The summed E-state index contributed by atoms with van der Waals surface area (Å²) in [6.07, 6.45) is 0. The molecule has 0 radical (unpaired) electrons. The molecule has 0 aliphatic rings. The number of hydrogen-bond donors (Lipinski definition) is 2. The number of sulfonamides is 1. The van der Waals surface area contributed by atoms with E-state index in [1.807, 2.05) is 38.1 Å². The number of nitrogens with one attached hydrogen (secondary N) is 1. The molecular weight excluding hydrogens is 336 g/mol. The minimum Gasteiger partial charge on any atom is -0.384 e. The van der Waals surface area contributed by atoms with Gasteiger partial charge in [-0.05, 0) is 49.2 Å². The van der Waals surface area contributed by atoms with E-state index < -0.39 is 10.0 Å². The third-order valence-electron chi connectivity index (χ3n) is 3.75. The Morgan fingerprint density at radius 1 is 0.880 bits per heavy atom. The Bertz CT molecular complexity index is 1010. The van der Waals surface area contributed by atoms with Crippen LogP contribution in [0.1, 0.15) is 11.1 Å². The van der Waals surface area contributed by atoms with Crippen molar-refractivity contribution in [1.82, 2.24) is 9.97 Å². The number of nitrogens with two attached hydrogens (primary N) is 1. The Kier molecular flexibility index (Phi) is 4.41. The van der Waals surface area contributed by atoms with Gasteiger partial charge in [-0.2, -0.15) is 8.42 Å². The lowest BCUT2D eigenvalue weighted by molar-refractivity contribution is 0.597. The minimum absolute atomic E-state index is 0.139. The van der Waals surface area contributed by atoms with Crippen LogP contribution in [0.4, 0.5) is 11.6 Å². The lowest BCUT2D eigenvalue weighted by Crippen LogP contribution is -2.16. The molecule has 3 rings (SSSR count). The Morgan fingerprint density at radius 3 is 2.20 bits per heavy atom. The van der Waals surface area contributed by atoms with Crippen molar-refractivity contribution in [3.63, 3.8) is 0 Å². The normalized spacial score (nSPS) is 11.3. The molecule has 25 heavy (non-hydrogen) atoms. The van der Waals surface area contributed by atoms with Crippen LogP contribution in [0.5, 0.6) is 0 Å². The van der Waals surface area contributed by atoms with Gasteiger partial charge < -0.3 is 5.73 Å². The van der Waals surface area contributed by atoms with E-state index in [0.717, 1.165) is 16.7 Å². The fourth-order valence-corrected chi connectivity index (χ4v) is 3.60. The Balaban J connectivity index is 1.98. The maximum Gasteiger partial charge on any atom is 0.280 e. The van der Waals surface area contributed by atoms with Crippen LogP contribution in [0.2, 0.25) is 0 Å². The molecule has 1 aromatic carbocycles. The first-order chi connectivity index (χ1) is 11.9. The molecule has 0 aliphatic heterocycles. The quantitative estimate of drug-likeness (QED) is 0.750. The molecule has 2 aromatic heterocycles. The second-order valence-corrected chi connectivity index (χ2v) is 7.31. The van der Waals surface area contributed by atoms with Crippen LogP contribution in [-0.2, 0) is 10.0 Å². The second kappa shape index (κ2) is 6.52. The zero-order valence-electron chi connectivity index (χ0n) is 13.9. The highest BCUT2D eigenvalue weighted by atomic mass is 32.2. The standard InChI is InChI=1S/C18H18N4O2S/c1-12-6-3-7-13(2)18(12)14-8-4-10-16(20-14)22-25(23,24)17-11-5-9-15(19)21-17/h3-11H,1-2H3,(H2,19,21)(H,20,22). The summed E-state index contributed by atoms with van der Waals surface area (Å²) in [7, 11) is -3.86. The molecule has 7 heteroatoms. The van der Waals surface area contributed by atoms with E-state index >= 15 is 0 Å². The molecular formula is C18H18N4O2S. The van der Waals surface area contributed by atoms with E-state index in [1.54, 1.807) is 12.1 Å². The molecule has 0 saturated heterocycles. The number of benzene rings is 1. The summed E-state index contributed by atoms with van der Waals surface area (Å²) in [5, 5.41) is -0.147. The SMILES string of the molecule is Cc1cccc(C)c1-c1cccc(NS(=O)(=O)c2cccc(N)n2)n1. The van der Waals surface area contributed by atoms with Gasteiger partial charge >= 0.3 is 0 Å². The van der Waals surface area contributed by atoms with Crippen LogP contribution in [0.3, 0.4) is 0 Å². The van der Waals surface area contributed by atoms with Crippen LogP contribution in [0, 0.1) is 13.8 Å². The molecule has 0 bridgehead atoms. The van der Waals surface area contributed by atoms with Crippen molar-refractivity contribution in [2.24, 2.45) is 0 Å². The smallest absolute Gasteiger partial charge is 0.280 e. The van der Waals surface area contributed by atoms with Crippen molar-refractivity contribution in [3.05, 3.63) is 65.7 Å². The molecule has 0 spiro atoms. The van der Waals surface area contributed by atoms with Gasteiger partial charge in [-0.3, -0.25) is 4.72 Å². The van der Waals surface area contributed by atoms with Crippen LogP contribution >= 0.6 is 0 Å². The van der Waals surface area contributed by atoms with Gasteiger partial charge in [0.1, 0.15) is 11.6 Å². The predicted molar refractivity (Wildman–Crippen MR) is 98.6 cm³/mol. The van der Waals surface area contributed by atoms with Crippen LogP contribution < -0.4 is 10.5 Å². The lowest BCUT2D eigenvalue weighted by Gasteiger charge is -2.11. The number of nitrogen functional groups attached to an aromatic ring is 1. The maximum absolute atomic E-state index is 12.5. The third-order valence-corrected chi connectivity index (χ3v) is 5.00. The molecule has 0 saturated carbocycles. The summed E-state index contributed by atoms with van der Waals surface area (Å²) in [6, 6.07) is 15.6. The summed E-state index contributed by atoms with van der Waals surface area (Å²) >= 11 is 0. The number of hydrogen-bond acceptors (Lipinski definition) is 5. The average molecular weight is 354 g/mol. The molecule has 0 unspecified atom stereocenters. The van der Waals surface area contributed by atoms with Gasteiger partial charge in [-0.1, -0.05) is 30.3 Å². The van der Waals surface area contributed by atoms with Gasteiger partial charge in [-0.25, -0.2) is 9.97 Å². The summed E-state index contributed by atoms with van der Waals surface area (Å²) in [5.41, 5.74) is 9.41. The first kappa shape index (κ1) is 16.9. The highest BCUT2D eigenvalue weighted by molar-refractivity contribution is 7.92. The van der Waals surface area contributed by atoms with E-state index in [4.69, 9.17) is 5.73 Å². The van der Waals surface area contributed by atoms with Gasteiger partial charge in [0, 0.05) is 5.56 Å². The zero-order chi connectivity index (χ0) is 18.0. The van der Waals surface area contributed by atoms with Crippen molar-refractivity contribution >= 4 is 21.7 Å². The summed E-state index contributed by atoms with van der Waals surface area (Å²) in [4.78, 5) is 8.30. The first-order valence-electron chi connectivity index (χ1n) is 7.66. The van der Waals surface area contributed by atoms with E-state index in [1.165, 1.54) is 18.2 Å². The third kappa shape index (κ3) is 3.61. The van der Waals surface area contributed by atoms with Crippen LogP contribution in [-0.4, -0.2) is 18.4 Å². The van der Waals surface area contributed by atoms with E-state index in [-0.39, 0.29) is 16.7 Å². The van der Waals surface area contributed by atoms with Crippen molar-refractivity contribution in [1.29, 1.82) is 0 Å². The number of aryl methyl sites for hydroxylation is 2. The molecule has 0 atom stereocenters. The molecule has 0 aliphatic carbocycles. The highest BCUT2D eigenvalue weighted by Crippen LogP contribution is 2.26. The zero-order valence-corrected chi connectivity index (χ0v) is 14.7. The summed E-state index contributed by atoms with van der Waals surface area (Å²) in [5.74, 6) is 0.365. The number of anilines is 2. The van der Waals surface area contributed by atoms with Crippen molar-refractivity contribution in [3.8, 4) is 11.3 Å². The summed E-state index contributed by atoms with van der Waals surface area (Å²) < 4.78 is 27.4. The number of aromatic nitrogens is 2. The molecule has 3 aromatic rings. The Morgan fingerprint density at radius 2 is 1.52 bits per heavy atom. The number of nitrogens with zero attached hydrogens (tertiary/aromatic N) is 2. The van der Waals surface area contributed by atoms with E-state index in [2.05, 4.69) is 14.7 Å². The van der Waals surface area contributed by atoms with Crippen molar-refractivity contribution in [2.75, 3.05) is 10.5 Å². The minimum atomic E-state index is -3.86. The van der Waals surface area contributed by atoms with Crippen molar-refractivity contribution in [2.45, 2.75) is 18.9 Å². The molecule has 0 amide bonds. The molecule has 6 nitrogen and oxygen atoms in total. The fourth-order valence-electron chi connectivity index (χ4n) is 2.62. The topological polar surface area (TPSA) is 98.0 Å². The first-order valence-corrected chi connectivity index (χ1v) is 9.14. The van der Waals surface area contributed by atoms with Gasteiger partial charge in [0.2, 0.25) is 0 Å². The van der Waals surface area contributed by atoms with E-state index in [9.17, 15) is 8.42 Å². The van der Waals surface area contributed by atoms with E-state index in [0.29, 0.717) is 5.69 Å². The van der Waals surface area contributed by atoms with Crippen LogP contribution in [0.15, 0.2) is 59.6 Å². The fraction of sp³-hybridized carbons (Fsp3) is 0.111. The average Bonchev–Trinajstić information content (AvgIpc) is 2.55. The summed E-state index contributed by atoms with van der Waals surface area (Å²) in [6.45, 7) is 4.00. The monoisotopic (exact) mass is 354 g/mol. The maximum atomic E-state index is 12.5. The Hall–Kier alpha value is -2.93. The largest absolute Gasteiger partial charge is 0.384 e. The molecule has 2 heterocycles. The molecule has 128 valence electrons. The van der Waals surface area contributed by atoms with Gasteiger partial charge in [-0.15, -0.1) is 0 Å².